The number of aromatic amines is 1. The molecule has 2 aromatic heterocycles. The molecule has 1 amide bonds. The standard InChI is InChI=1S/C24H25N3OS/c1-17-8-10-18(11-9-17)24(22-7-4-14-29-22)27-16-23(28)25-13-12-19-15-26-21-6-3-2-5-20(19)21/h2-11,14-15,24,26-27H,12-13,16H2,1H3,(H,25,28)/p+1/t24-/m1/s1. The van der Waals surface area contributed by atoms with E-state index in [0.29, 0.717) is 13.1 Å². The Morgan fingerprint density at radius 3 is 2.72 bits per heavy atom. The van der Waals surface area contributed by atoms with E-state index in [1.165, 1.54) is 27.0 Å². The van der Waals surface area contributed by atoms with Crippen molar-refractivity contribution in [2.75, 3.05) is 13.1 Å². The molecule has 4 N–H and O–H groups in total. The maximum absolute atomic E-state index is 12.4. The van der Waals surface area contributed by atoms with Crippen LogP contribution in [-0.4, -0.2) is 24.0 Å². The number of aryl methyl sites for hydroxylation is 1. The molecule has 148 valence electrons. The van der Waals surface area contributed by atoms with Crippen LogP contribution in [0.25, 0.3) is 10.9 Å². The van der Waals surface area contributed by atoms with Crippen molar-refractivity contribution < 1.29 is 10.1 Å². The Kier molecular flexibility index (Phi) is 6.08. The highest BCUT2D eigenvalue weighted by Crippen LogP contribution is 2.23. The summed E-state index contributed by atoms with van der Waals surface area (Å²) >= 11 is 1.73. The summed E-state index contributed by atoms with van der Waals surface area (Å²) in [7, 11) is 0. The largest absolute Gasteiger partial charge is 0.361 e. The van der Waals surface area contributed by atoms with Crippen LogP contribution in [0, 0.1) is 6.92 Å². The number of rotatable bonds is 8. The number of thiophene rings is 1. The van der Waals surface area contributed by atoms with Gasteiger partial charge in [0.15, 0.2) is 6.54 Å². The van der Waals surface area contributed by atoms with Crippen molar-refractivity contribution in [1.29, 1.82) is 0 Å². The first-order valence-corrected chi connectivity index (χ1v) is 10.8. The summed E-state index contributed by atoms with van der Waals surface area (Å²) in [5, 5.41) is 8.50. The summed E-state index contributed by atoms with van der Waals surface area (Å²) in [6.07, 6.45) is 2.86. The average Bonchev–Trinajstić information content (AvgIpc) is 3.40. The second-order valence-electron chi connectivity index (χ2n) is 7.30. The van der Waals surface area contributed by atoms with Gasteiger partial charge in [0.05, 0.1) is 4.88 Å². The summed E-state index contributed by atoms with van der Waals surface area (Å²) in [6.45, 7) is 3.14. The Labute approximate surface area is 175 Å². The first-order chi connectivity index (χ1) is 14.2. The van der Waals surface area contributed by atoms with Crippen LogP contribution < -0.4 is 10.6 Å². The number of hydrogen-bond acceptors (Lipinski definition) is 2. The number of hydrogen-bond donors (Lipinski definition) is 3. The van der Waals surface area contributed by atoms with Gasteiger partial charge in [0.25, 0.3) is 5.91 Å². The van der Waals surface area contributed by atoms with E-state index in [1.807, 2.05) is 18.3 Å². The molecule has 2 aromatic carbocycles. The predicted octanol–water partition coefficient (Wildman–Crippen LogP) is 3.55. The maximum atomic E-state index is 12.4. The summed E-state index contributed by atoms with van der Waals surface area (Å²) in [5.74, 6) is 0.0681. The molecule has 0 unspecified atom stereocenters. The number of fused-ring (bicyclic) bond motifs is 1. The lowest BCUT2D eigenvalue weighted by atomic mass is 10.0. The Morgan fingerprint density at radius 1 is 1.10 bits per heavy atom. The Hall–Kier alpha value is -2.89. The second kappa shape index (κ2) is 9.07. The molecule has 0 fully saturated rings. The van der Waals surface area contributed by atoms with E-state index in [9.17, 15) is 4.79 Å². The van der Waals surface area contributed by atoms with E-state index in [2.05, 4.69) is 76.5 Å². The molecule has 0 aliphatic heterocycles. The van der Waals surface area contributed by atoms with E-state index in [-0.39, 0.29) is 11.9 Å². The van der Waals surface area contributed by atoms with Gasteiger partial charge in [-0.1, -0.05) is 54.1 Å². The molecule has 0 saturated carbocycles. The van der Waals surface area contributed by atoms with Crippen LogP contribution in [-0.2, 0) is 11.2 Å². The van der Waals surface area contributed by atoms with Crippen molar-refractivity contribution in [3.05, 3.63) is 93.8 Å². The molecule has 0 aliphatic rings. The molecule has 0 radical (unpaired) electrons. The summed E-state index contributed by atoms with van der Waals surface area (Å²) in [5.41, 5.74) is 4.85. The van der Waals surface area contributed by atoms with E-state index in [0.717, 1.165) is 11.9 Å². The molecule has 4 rings (SSSR count). The number of para-hydroxylation sites is 1. The minimum absolute atomic E-state index is 0.0681. The van der Waals surface area contributed by atoms with Crippen molar-refractivity contribution in [1.82, 2.24) is 10.3 Å². The minimum Gasteiger partial charge on any atom is -0.361 e. The van der Waals surface area contributed by atoms with Crippen molar-refractivity contribution in [2.45, 2.75) is 19.4 Å². The monoisotopic (exact) mass is 404 g/mol. The maximum Gasteiger partial charge on any atom is 0.275 e. The van der Waals surface area contributed by atoms with Gasteiger partial charge in [-0.05, 0) is 36.4 Å². The van der Waals surface area contributed by atoms with Gasteiger partial charge in [-0.15, -0.1) is 11.3 Å². The molecule has 4 aromatic rings. The number of carbonyl (C=O) groups excluding carboxylic acids is 1. The third-order valence-electron chi connectivity index (χ3n) is 5.22. The molecule has 0 aliphatic carbocycles. The molecule has 0 spiro atoms. The van der Waals surface area contributed by atoms with Gasteiger partial charge in [-0.25, -0.2) is 0 Å². The molecule has 4 nitrogen and oxygen atoms in total. The molecule has 5 heteroatoms. The molecule has 0 bridgehead atoms. The van der Waals surface area contributed by atoms with Gasteiger partial charge in [0.1, 0.15) is 6.04 Å². The quantitative estimate of drug-likeness (QED) is 0.413. The van der Waals surface area contributed by atoms with Gasteiger partial charge in [0, 0.05) is 29.2 Å². The van der Waals surface area contributed by atoms with Gasteiger partial charge < -0.3 is 15.6 Å². The van der Waals surface area contributed by atoms with Crippen LogP contribution in [0.3, 0.4) is 0 Å². The zero-order chi connectivity index (χ0) is 20.1. The Morgan fingerprint density at radius 2 is 1.93 bits per heavy atom. The van der Waals surface area contributed by atoms with E-state index in [4.69, 9.17) is 0 Å². The lowest BCUT2D eigenvalue weighted by Crippen LogP contribution is -2.87. The fourth-order valence-electron chi connectivity index (χ4n) is 3.63. The van der Waals surface area contributed by atoms with Crippen LogP contribution in [0.2, 0.25) is 0 Å². The molecule has 2 heterocycles. The van der Waals surface area contributed by atoms with E-state index >= 15 is 0 Å². The fraction of sp³-hybridized carbons (Fsp3) is 0.208. The third kappa shape index (κ3) is 4.75. The number of amides is 1. The van der Waals surface area contributed by atoms with Gasteiger partial charge >= 0.3 is 0 Å². The van der Waals surface area contributed by atoms with Crippen LogP contribution in [0.1, 0.15) is 27.6 Å². The number of aromatic nitrogens is 1. The minimum atomic E-state index is 0.0681. The van der Waals surface area contributed by atoms with E-state index in [1.54, 1.807) is 11.3 Å². The summed E-state index contributed by atoms with van der Waals surface area (Å²) in [4.78, 5) is 17.0. The molecular weight excluding hydrogens is 378 g/mol. The average molecular weight is 405 g/mol. The second-order valence-corrected chi connectivity index (χ2v) is 8.28. The van der Waals surface area contributed by atoms with Crippen LogP contribution in [0.5, 0.6) is 0 Å². The number of H-pyrrole nitrogens is 1. The van der Waals surface area contributed by atoms with E-state index < -0.39 is 0 Å². The molecule has 1 atom stereocenters. The van der Waals surface area contributed by atoms with Crippen molar-refractivity contribution in [2.24, 2.45) is 0 Å². The van der Waals surface area contributed by atoms with Gasteiger partial charge in [-0.2, -0.15) is 0 Å². The molecule has 29 heavy (non-hydrogen) atoms. The number of quaternary nitrogens is 1. The Balaban J connectivity index is 1.33. The third-order valence-corrected chi connectivity index (χ3v) is 6.17. The van der Waals surface area contributed by atoms with Crippen LogP contribution in [0.4, 0.5) is 0 Å². The zero-order valence-corrected chi connectivity index (χ0v) is 17.3. The zero-order valence-electron chi connectivity index (χ0n) is 16.5. The number of nitrogens with two attached hydrogens (primary N) is 1. The lowest BCUT2D eigenvalue weighted by molar-refractivity contribution is -0.676. The molecule has 0 saturated heterocycles. The summed E-state index contributed by atoms with van der Waals surface area (Å²) < 4.78 is 0. The van der Waals surface area contributed by atoms with Crippen molar-refractivity contribution >= 4 is 28.1 Å². The Bertz CT molecular complexity index is 1070. The first kappa shape index (κ1) is 19.4. The van der Waals surface area contributed by atoms with Crippen LogP contribution in [0.15, 0.2) is 72.2 Å². The van der Waals surface area contributed by atoms with Crippen molar-refractivity contribution in [3.63, 3.8) is 0 Å². The molecular formula is C24H26N3OS+. The van der Waals surface area contributed by atoms with Crippen molar-refractivity contribution in [3.8, 4) is 0 Å². The highest BCUT2D eigenvalue weighted by Gasteiger charge is 2.19. The van der Waals surface area contributed by atoms with Gasteiger partial charge in [-0.3, -0.25) is 4.79 Å². The smallest absolute Gasteiger partial charge is 0.275 e. The number of benzene rings is 2. The van der Waals surface area contributed by atoms with Gasteiger partial charge in [0.2, 0.25) is 0 Å². The highest BCUT2D eigenvalue weighted by atomic mass is 32.1. The predicted molar refractivity (Wildman–Crippen MR) is 119 cm³/mol. The van der Waals surface area contributed by atoms with Crippen LogP contribution >= 0.6 is 11.3 Å². The number of carbonyl (C=O) groups is 1. The first-order valence-electron chi connectivity index (χ1n) is 9.95. The fourth-order valence-corrected chi connectivity index (χ4v) is 4.48. The highest BCUT2D eigenvalue weighted by molar-refractivity contribution is 7.10. The normalized spacial score (nSPS) is 12.2. The number of nitrogens with one attached hydrogen (secondary N) is 2. The summed E-state index contributed by atoms with van der Waals surface area (Å²) in [6, 6.07) is 21.2. The lowest BCUT2D eigenvalue weighted by Gasteiger charge is -2.15. The topological polar surface area (TPSA) is 61.5 Å². The SMILES string of the molecule is Cc1ccc([C@@H]([NH2+]CC(=O)NCCc2c[nH]c3ccccc23)c2cccs2)cc1.